The van der Waals surface area contributed by atoms with Gasteiger partial charge in [-0.25, -0.2) is 8.42 Å². The van der Waals surface area contributed by atoms with Crippen molar-refractivity contribution < 1.29 is 22.4 Å². The molecule has 26 heavy (non-hydrogen) atoms. The van der Waals surface area contributed by atoms with Gasteiger partial charge in [-0.15, -0.1) is 0 Å². The monoisotopic (exact) mass is 380 g/mol. The maximum Gasteiger partial charge on any atom is 0.241 e. The Morgan fingerprint density at radius 1 is 1.12 bits per heavy atom. The number of hydrogen-bond donors (Lipinski definition) is 2. The number of hydrogen-bond acceptors (Lipinski definition) is 5. The first-order chi connectivity index (χ1) is 12.2. The summed E-state index contributed by atoms with van der Waals surface area (Å²) in [7, 11) is -2.35. The molecule has 0 fully saturated rings. The van der Waals surface area contributed by atoms with E-state index in [4.69, 9.17) is 9.15 Å². The molecule has 0 spiro atoms. The maximum absolute atomic E-state index is 12.6. The molecule has 0 aliphatic rings. The van der Waals surface area contributed by atoms with Crippen LogP contribution in [0, 0.1) is 5.92 Å². The maximum atomic E-state index is 12.6. The van der Waals surface area contributed by atoms with Gasteiger partial charge in [0.2, 0.25) is 15.9 Å². The molecule has 8 heteroatoms. The minimum absolute atomic E-state index is 0.0656. The van der Waals surface area contributed by atoms with Gasteiger partial charge in [0.05, 0.1) is 24.3 Å². The van der Waals surface area contributed by atoms with Crippen LogP contribution in [0.25, 0.3) is 0 Å². The molecular weight excluding hydrogens is 356 g/mol. The summed E-state index contributed by atoms with van der Waals surface area (Å²) in [4.78, 5) is 12.7. The highest BCUT2D eigenvalue weighted by atomic mass is 32.2. The number of ether oxygens (including phenoxy) is 1. The van der Waals surface area contributed by atoms with Crippen LogP contribution in [0.5, 0.6) is 5.75 Å². The van der Waals surface area contributed by atoms with Crippen LogP contribution in [-0.4, -0.2) is 27.5 Å². The third-order valence-electron chi connectivity index (χ3n) is 3.93. The molecule has 0 aliphatic carbocycles. The van der Waals surface area contributed by atoms with Crippen LogP contribution in [-0.2, 0) is 14.8 Å². The molecule has 0 saturated carbocycles. The number of furan rings is 1. The van der Waals surface area contributed by atoms with Crippen LogP contribution in [0.2, 0.25) is 0 Å². The van der Waals surface area contributed by atoms with Crippen molar-refractivity contribution in [1.29, 1.82) is 0 Å². The van der Waals surface area contributed by atoms with Crippen LogP contribution >= 0.6 is 0 Å². The molecule has 1 aromatic carbocycles. The van der Waals surface area contributed by atoms with Gasteiger partial charge in [0.15, 0.2) is 0 Å². The Labute approximate surface area is 153 Å². The summed E-state index contributed by atoms with van der Waals surface area (Å²) in [6.07, 6.45) is 1.52. The Morgan fingerprint density at radius 2 is 1.77 bits per heavy atom. The fourth-order valence-electron chi connectivity index (χ4n) is 2.39. The van der Waals surface area contributed by atoms with Crippen molar-refractivity contribution in [3.63, 3.8) is 0 Å². The van der Waals surface area contributed by atoms with E-state index in [2.05, 4.69) is 10.0 Å². The predicted molar refractivity (Wildman–Crippen MR) is 97.2 cm³/mol. The van der Waals surface area contributed by atoms with E-state index < -0.39 is 22.0 Å². The summed E-state index contributed by atoms with van der Waals surface area (Å²) in [5, 5.41) is 2.78. The van der Waals surface area contributed by atoms with Crippen LogP contribution in [0.3, 0.4) is 0 Å². The van der Waals surface area contributed by atoms with Gasteiger partial charge < -0.3 is 14.5 Å². The highest BCUT2D eigenvalue weighted by Gasteiger charge is 2.29. The fraction of sp³-hybridized carbons (Fsp3) is 0.389. The highest BCUT2D eigenvalue weighted by Crippen LogP contribution is 2.18. The predicted octanol–water partition coefficient (Wildman–Crippen LogP) is 2.47. The van der Waals surface area contributed by atoms with Gasteiger partial charge in [-0.3, -0.25) is 4.79 Å². The minimum atomic E-state index is -3.85. The quantitative estimate of drug-likeness (QED) is 0.733. The second-order valence-corrected chi connectivity index (χ2v) is 7.98. The zero-order valence-corrected chi connectivity index (χ0v) is 16.0. The SMILES string of the molecule is COc1ccc(S(=O)(=O)N[C@H](C(=O)N[C@@H](C)c2ccco2)C(C)C)cc1. The summed E-state index contributed by atoms with van der Waals surface area (Å²) >= 11 is 0. The molecule has 2 aromatic rings. The average Bonchev–Trinajstić information content (AvgIpc) is 3.14. The Hall–Kier alpha value is -2.32. The minimum Gasteiger partial charge on any atom is -0.497 e. The molecule has 1 aromatic heterocycles. The molecule has 0 bridgehead atoms. The van der Waals surface area contributed by atoms with Gasteiger partial charge in [0.25, 0.3) is 0 Å². The van der Waals surface area contributed by atoms with E-state index in [1.807, 2.05) is 0 Å². The fourth-order valence-corrected chi connectivity index (χ4v) is 3.74. The molecule has 7 nitrogen and oxygen atoms in total. The summed E-state index contributed by atoms with van der Waals surface area (Å²) in [6, 6.07) is 8.16. The van der Waals surface area contributed by atoms with Crippen molar-refractivity contribution in [2.75, 3.05) is 7.11 Å². The van der Waals surface area contributed by atoms with Gasteiger partial charge in [-0.1, -0.05) is 13.8 Å². The molecule has 0 radical (unpaired) electrons. The number of rotatable bonds is 8. The zero-order chi connectivity index (χ0) is 19.3. The number of amides is 1. The van der Waals surface area contributed by atoms with E-state index in [0.29, 0.717) is 11.5 Å². The number of carbonyl (C=O) groups excluding carboxylic acids is 1. The van der Waals surface area contributed by atoms with Crippen LogP contribution in [0.15, 0.2) is 52.0 Å². The van der Waals surface area contributed by atoms with E-state index in [0.717, 1.165) is 0 Å². The summed E-state index contributed by atoms with van der Waals surface area (Å²) in [5.41, 5.74) is 0. The molecule has 1 heterocycles. The van der Waals surface area contributed by atoms with Crippen molar-refractivity contribution in [3.8, 4) is 5.75 Å². The largest absolute Gasteiger partial charge is 0.497 e. The molecule has 2 rings (SSSR count). The number of methoxy groups -OCH3 is 1. The van der Waals surface area contributed by atoms with Crippen molar-refractivity contribution in [2.24, 2.45) is 5.92 Å². The van der Waals surface area contributed by atoms with E-state index in [9.17, 15) is 13.2 Å². The first-order valence-corrected chi connectivity index (χ1v) is 9.73. The van der Waals surface area contributed by atoms with Crippen molar-refractivity contribution in [1.82, 2.24) is 10.0 Å². The third kappa shape index (κ3) is 4.86. The highest BCUT2D eigenvalue weighted by molar-refractivity contribution is 7.89. The van der Waals surface area contributed by atoms with Crippen LogP contribution in [0.1, 0.15) is 32.6 Å². The number of sulfonamides is 1. The standard InChI is InChI=1S/C18H24N2O5S/c1-12(2)17(18(21)19-13(3)16-6-5-11-25-16)20-26(22,23)15-9-7-14(24-4)8-10-15/h5-13,17,20H,1-4H3,(H,19,21)/t13-,17-/m0/s1. The van der Waals surface area contributed by atoms with E-state index in [1.54, 1.807) is 45.0 Å². The Bertz CT molecular complexity index is 814. The summed E-state index contributed by atoms with van der Waals surface area (Å²) in [6.45, 7) is 5.32. The number of benzene rings is 1. The first-order valence-electron chi connectivity index (χ1n) is 8.24. The lowest BCUT2D eigenvalue weighted by Crippen LogP contribution is -2.50. The van der Waals surface area contributed by atoms with Crippen LogP contribution < -0.4 is 14.8 Å². The van der Waals surface area contributed by atoms with Gasteiger partial charge in [0, 0.05) is 0 Å². The van der Waals surface area contributed by atoms with E-state index >= 15 is 0 Å². The second kappa shape index (κ2) is 8.37. The molecule has 0 aliphatic heterocycles. The van der Waals surface area contributed by atoms with Gasteiger partial charge >= 0.3 is 0 Å². The van der Waals surface area contributed by atoms with Crippen LogP contribution in [0.4, 0.5) is 0 Å². The van der Waals surface area contributed by atoms with Gasteiger partial charge in [0.1, 0.15) is 17.6 Å². The molecule has 142 valence electrons. The first kappa shape index (κ1) is 20.0. The van der Waals surface area contributed by atoms with Gasteiger partial charge in [-0.05, 0) is 49.2 Å². The lowest BCUT2D eigenvalue weighted by Gasteiger charge is -2.23. The molecule has 0 saturated heterocycles. The smallest absolute Gasteiger partial charge is 0.241 e. The Balaban J connectivity index is 2.14. The Kier molecular flexibility index (Phi) is 6.44. The lowest BCUT2D eigenvalue weighted by molar-refractivity contribution is -0.124. The third-order valence-corrected chi connectivity index (χ3v) is 5.39. The number of carbonyl (C=O) groups is 1. The molecule has 2 atom stereocenters. The normalized spacial score (nSPS) is 14.0. The second-order valence-electron chi connectivity index (χ2n) is 6.26. The number of nitrogens with one attached hydrogen (secondary N) is 2. The van der Waals surface area contributed by atoms with Crippen molar-refractivity contribution in [3.05, 3.63) is 48.4 Å². The molecule has 0 unspecified atom stereocenters. The molecule has 2 N–H and O–H groups in total. The van der Waals surface area contributed by atoms with Crippen molar-refractivity contribution >= 4 is 15.9 Å². The average molecular weight is 380 g/mol. The summed E-state index contributed by atoms with van der Waals surface area (Å²) in [5.74, 6) is 0.487. The topological polar surface area (TPSA) is 97.6 Å². The summed E-state index contributed by atoms with van der Waals surface area (Å²) < 4.78 is 38.0. The zero-order valence-electron chi connectivity index (χ0n) is 15.2. The van der Waals surface area contributed by atoms with Crippen molar-refractivity contribution in [2.45, 2.75) is 37.8 Å². The molecule has 1 amide bonds. The lowest BCUT2D eigenvalue weighted by atomic mass is 10.0. The van der Waals surface area contributed by atoms with Gasteiger partial charge in [-0.2, -0.15) is 4.72 Å². The Morgan fingerprint density at radius 3 is 2.27 bits per heavy atom. The van der Waals surface area contributed by atoms with E-state index in [-0.39, 0.29) is 16.9 Å². The van der Waals surface area contributed by atoms with E-state index in [1.165, 1.54) is 25.5 Å². The molecular formula is C18H24N2O5S.